The van der Waals surface area contributed by atoms with Gasteiger partial charge in [0.1, 0.15) is 0 Å². The fourth-order valence-corrected chi connectivity index (χ4v) is 4.46. The van der Waals surface area contributed by atoms with Crippen molar-refractivity contribution in [3.8, 4) is 23.0 Å². The number of H-pyrrole nitrogens is 2. The maximum atomic E-state index is 8.61. The van der Waals surface area contributed by atoms with Crippen LogP contribution < -0.4 is 0 Å². The van der Waals surface area contributed by atoms with Crippen LogP contribution in [0.15, 0.2) is 146 Å². The summed E-state index contributed by atoms with van der Waals surface area (Å²) in [4.78, 5) is 16.0. The van der Waals surface area contributed by atoms with Gasteiger partial charge in [0.25, 0.3) is 0 Å². The Labute approximate surface area is 326 Å². The Bertz CT molecular complexity index is 2110. The molecule has 2 aliphatic rings. The van der Waals surface area contributed by atoms with Crippen molar-refractivity contribution in [2.75, 3.05) is 0 Å². The average molecular weight is 774 g/mol. The number of aromatic nitrogens is 4. The Morgan fingerprint density at radius 1 is 0.340 bits per heavy atom. The van der Waals surface area contributed by atoms with E-state index in [0.29, 0.717) is 23.0 Å². The van der Waals surface area contributed by atoms with E-state index in [0.717, 1.165) is 44.8 Å². The van der Waals surface area contributed by atoms with Gasteiger partial charge in [0, 0.05) is 45.1 Å². The van der Waals surface area contributed by atoms with Gasteiger partial charge in [-0.15, -0.1) is 48.5 Å². The molecule has 0 radical (unpaired) electrons. The predicted molar refractivity (Wildman–Crippen MR) is 207 cm³/mol. The third-order valence-electron chi connectivity index (χ3n) is 6.84. The summed E-state index contributed by atoms with van der Waals surface area (Å²) in [7, 11) is 0. The van der Waals surface area contributed by atoms with Gasteiger partial charge in [0.2, 0.25) is 0 Å². The van der Waals surface area contributed by atoms with E-state index in [2.05, 4.69) is 74.5 Å². The normalized spacial score (nSPS) is 10.3. The number of hydrogen-bond acceptors (Lipinski definition) is 6. The van der Waals surface area contributed by atoms with Crippen LogP contribution in [-0.2, 0) is 26.2 Å². The van der Waals surface area contributed by atoms with E-state index in [1.54, 1.807) is 97.1 Å². The Kier molecular flexibility index (Phi) is 15.6. The number of benzene rings is 4. The van der Waals surface area contributed by atoms with Crippen LogP contribution in [0.4, 0.5) is 0 Å². The molecule has 2 aliphatic heterocycles. The molecule has 9 rings (SSSR count). The monoisotopic (exact) mass is 772 g/mol. The van der Waals surface area contributed by atoms with Crippen molar-refractivity contribution in [3.05, 3.63) is 193 Å². The van der Waals surface area contributed by atoms with E-state index < -0.39 is 0 Å². The molecule has 0 fully saturated rings. The average Bonchev–Trinajstić information content (AvgIpc) is 3.98. The second kappa shape index (κ2) is 21.0. The molecule has 7 aromatic rings. The number of nitrogens with zero attached hydrogens (tertiary/aromatic N) is 2. The molecule has 8 nitrogen and oxygen atoms in total. The summed E-state index contributed by atoms with van der Waals surface area (Å²) < 4.78 is 0. The first kappa shape index (κ1) is 39.4. The van der Waals surface area contributed by atoms with Crippen molar-refractivity contribution in [1.82, 2.24) is 19.9 Å². The van der Waals surface area contributed by atoms with E-state index in [9.17, 15) is 0 Å². The van der Waals surface area contributed by atoms with Crippen LogP contribution in [-0.4, -0.2) is 40.4 Å². The number of aromatic amines is 2. The molecule has 6 N–H and O–H groups in total. The zero-order chi connectivity index (χ0) is 36.4. The van der Waals surface area contributed by atoms with Crippen LogP contribution in [0.5, 0.6) is 23.0 Å². The fraction of sp³-hybridized carbons (Fsp3) is 0. The zero-order valence-electron chi connectivity index (χ0n) is 28.3. The third-order valence-corrected chi connectivity index (χ3v) is 6.84. The standard InChI is InChI=1S/C20H14N4.4C6H5O.Zr/c1-2-14-10-16-5-6-18(23-16)12-20-8-7-19(24-20)11-17-4-3-15(22-17)9-13(1)21-14;4*7-6-4-2-1-3-5-6;/h1-12,21-22H;4*2-5,7H;/q;4*-1;+4. The number of nitrogens with one attached hydrogen (secondary N) is 2. The van der Waals surface area contributed by atoms with Crippen molar-refractivity contribution >= 4 is 46.4 Å². The summed E-state index contributed by atoms with van der Waals surface area (Å²) in [6, 6.07) is 53.5. The Morgan fingerprint density at radius 2 is 0.585 bits per heavy atom. The van der Waals surface area contributed by atoms with E-state index in [-0.39, 0.29) is 26.2 Å². The predicted octanol–water partition coefficient (Wildman–Crippen LogP) is 9.42. The largest absolute Gasteiger partial charge is 4.00 e. The van der Waals surface area contributed by atoms with E-state index >= 15 is 0 Å². The Morgan fingerprint density at radius 3 is 0.830 bits per heavy atom. The maximum absolute atomic E-state index is 8.61. The quantitative estimate of drug-likeness (QED) is 0.0850. The first-order valence-corrected chi connectivity index (χ1v) is 16.0. The second-order valence-electron chi connectivity index (χ2n) is 10.9. The van der Waals surface area contributed by atoms with Gasteiger partial charge in [-0.05, 0) is 72.8 Å². The summed E-state index contributed by atoms with van der Waals surface area (Å²) in [6.45, 7) is 0. The van der Waals surface area contributed by atoms with Crippen LogP contribution in [0, 0.1) is 24.3 Å². The molecule has 3 aromatic heterocycles. The summed E-state index contributed by atoms with van der Waals surface area (Å²) in [6.07, 6.45) is 8.05. The van der Waals surface area contributed by atoms with Gasteiger partial charge in [-0.2, -0.15) is 72.8 Å². The molecular formula is C44H34N4O4Zr. The second-order valence-corrected chi connectivity index (χ2v) is 10.9. The Balaban J connectivity index is 0.000000176. The van der Waals surface area contributed by atoms with E-state index in [4.69, 9.17) is 20.4 Å². The number of fused-ring (bicyclic) bond motifs is 8. The Hall–Kier alpha value is -6.44. The fourth-order valence-electron chi connectivity index (χ4n) is 4.46. The number of rotatable bonds is 0. The topological polar surface area (TPSA) is 138 Å². The molecule has 9 heteroatoms. The smallest absolute Gasteiger partial charge is 0.533 e. The van der Waals surface area contributed by atoms with Gasteiger partial charge >= 0.3 is 26.2 Å². The first-order chi connectivity index (χ1) is 25.4. The number of hydrogen-bond donors (Lipinski definition) is 6. The van der Waals surface area contributed by atoms with E-state index in [1.165, 1.54) is 0 Å². The summed E-state index contributed by atoms with van der Waals surface area (Å²) in [5.41, 5.74) is 7.86. The molecule has 0 unspecified atom stereocenters. The van der Waals surface area contributed by atoms with Gasteiger partial charge in [-0.3, -0.25) is 0 Å². The molecule has 258 valence electrons. The van der Waals surface area contributed by atoms with Crippen molar-refractivity contribution < 1.29 is 46.6 Å². The van der Waals surface area contributed by atoms with Crippen molar-refractivity contribution in [2.24, 2.45) is 0 Å². The minimum absolute atomic E-state index is 0. The molecular weight excluding hydrogens is 740 g/mol. The number of phenols is 4. The zero-order valence-corrected chi connectivity index (χ0v) is 30.8. The molecule has 0 saturated carbocycles. The number of aromatic hydroxyl groups is 4. The molecule has 5 heterocycles. The van der Waals surface area contributed by atoms with Gasteiger partial charge in [-0.25, -0.2) is 9.97 Å². The van der Waals surface area contributed by atoms with Crippen molar-refractivity contribution in [2.45, 2.75) is 0 Å². The van der Waals surface area contributed by atoms with Gasteiger partial charge in [0.05, 0.1) is 22.8 Å². The van der Waals surface area contributed by atoms with E-state index in [1.807, 2.05) is 42.5 Å². The van der Waals surface area contributed by atoms with Gasteiger partial charge in [0.15, 0.2) is 0 Å². The minimum atomic E-state index is 0. The molecule has 0 saturated heterocycles. The summed E-state index contributed by atoms with van der Waals surface area (Å²) in [5, 5.41) is 34.4. The molecule has 0 amide bonds. The molecule has 8 bridgehead atoms. The molecule has 0 spiro atoms. The molecule has 4 aromatic carbocycles. The first-order valence-electron chi connectivity index (χ1n) is 16.0. The summed E-state index contributed by atoms with van der Waals surface area (Å²) in [5.74, 6) is 1.16. The van der Waals surface area contributed by atoms with Crippen LogP contribution in [0.3, 0.4) is 0 Å². The maximum Gasteiger partial charge on any atom is 4.00 e. The third kappa shape index (κ3) is 14.4. The van der Waals surface area contributed by atoms with Crippen molar-refractivity contribution in [3.63, 3.8) is 0 Å². The number of phenolic OH excluding ortho intramolecular Hbond substituents is 4. The van der Waals surface area contributed by atoms with Crippen molar-refractivity contribution in [1.29, 1.82) is 0 Å². The van der Waals surface area contributed by atoms with Crippen LogP contribution >= 0.6 is 0 Å². The molecule has 0 aliphatic carbocycles. The van der Waals surface area contributed by atoms with Crippen LogP contribution in [0.1, 0.15) is 22.8 Å². The molecule has 53 heavy (non-hydrogen) atoms. The molecule has 0 atom stereocenters. The van der Waals surface area contributed by atoms with Crippen LogP contribution in [0.25, 0.3) is 46.4 Å². The van der Waals surface area contributed by atoms with Gasteiger partial charge in [-0.1, -0.05) is 0 Å². The van der Waals surface area contributed by atoms with Gasteiger partial charge < -0.3 is 30.4 Å². The summed E-state index contributed by atoms with van der Waals surface area (Å²) >= 11 is 0. The minimum Gasteiger partial charge on any atom is -0.533 e. The SMILES string of the molecule is C1=Cc2cc3ccc(cc4ccc(cc5nc(cc1n2)C=C5)[nH]4)[nH]3.Oc1cc[c-]cc1.Oc1cc[c-]cc1.Oc1cc[c-]cc1.Oc1cc[c-]cc1.[Zr+4]. The van der Waals surface area contributed by atoms with Crippen LogP contribution in [0.2, 0.25) is 0 Å².